The first kappa shape index (κ1) is 21.9. The van der Waals surface area contributed by atoms with Gasteiger partial charge < -0.3 is 24.8 Å². The van der Waals surface area contributed by atoms with Crippen molar-refractivity contribution in [3.05, 3.63) is 0 Å². The van der Waals surface area contributed by atoms with Gasteiger partial charge in [0.25, 0.3) is 0 Å². The lowest BCUT2D eigenvalue weighted by Crippen LogP contribution is -2.71. The maximum atomic E-state index is 12.9. The first-order chi connectivity index (χ1) is 12.8. The monoisotopic (exact) mass is 385 g/mol. The number of amides is 2. The van der Waals surface area contributed by atoms with Gasteiger partial charge in [0.2, 0.25) is 0 Å². The average molecular weight is 386 g/mol. The Morgan fingerprint density at radius 1 is 1.37 bits per heavy atom. The van der Waals surface area contributed by atoms with Crippen LogP contribution in [0.4, 0.5) is 4.79 Å². The molecule has 2 rings (SSSR count). The van der Waals surface area contributed by atoms with Crippen molar-refractivity contribution in [2.45, 2.75) is 51.9 Å². The van der Waals surface area contributed by atoms with Crippen molar-refractivity contribution < 1.29 is 24.2 Å². The fourth-order valence-electron chi connectivity index (χ4n) is 4.98. The fourth-order valence-corrected chi connectivity index (χ4v) is 4.98. The highest BCUT2D eigenvalue weighted by atomic mass is 16.5. The van der Waals surface area contributed by atoms with E-state index in [0.717, 1.165) is 12.8 Å². The normalized spacial score (nSPS) is 30.1. The van der Waals surface area contributed by atoms with E-state index < -0.39 is 5.97 Å². The van der Waals surface area contributed by atoms with E-state index in [1.165, 1.54) is 0 Å². The highest BCUT2D eigenvalue weighted by molar-refractivity contribution is 5.75. The van der Waals surface area contributed by atoms with E-state index in [0.29, 0.717) is 26.2 Å². The van der Waals surface area contributed by atoms with Crippen LogP contribution >= 0.6 is 0 Å². The third-order valence-corrected chi connectivity index (χ3v) is 6.39. The van der Waals surface area contributed by atoms with E-state index in [9.17, 15) is 9.59 Å². The van der Waals surface area contributed by atoms with E-state index in [1.54, 1.807) is 24.0 Å². The molecule has 1 heterocycles. The number of carbonyl (C=O) groups is 2. The average Bonchev–Trinajstić information content (AvgIpc) is 2.63. The number of carbonyl (C=O) groups excluding carboxylic acids is 1. The molecule has 2 fully saturated rings. The molecule has 2 aliphatic rings. The Morgan fingerprint density at radius 3 is 2.59 bits per heavy atom. The standard InChI is InChI=1S/C19H35N3O5/c1-6-19(7-2)16(13(3)17(19)26-5)20-18(25)22-8-9-27-14(11-22)10-21(4)12-15(23)24/h13-14,16-17H,6-12H2,1-5H3,(H,20,25)(H,23,24). The Morgan fingerprint density at radius 2 is 2.04 bits per heavy atom. The van der Waals surface area contributed by atoms with Crippen LogP contribution in [0.1, 0.15) is 33.6 Å². The minimum atomic E-state index is -0.870. The van der Waals surface area contributed by atoms with Crippen molar-refractivity contribution in [2.24, 2.45) is 11.3 Å². The third kappa shape index (κ3) is 4.55. The molecule has 4 atom stereocenters. The fraction of sp³-hybridized carbons (Fsp3) is 0.895. The molecule has 0 aromatic carbocycles. The Balaban J connectivity index is 1.94. The first-order valence-corrected chi connectivity index (χ1v) is 9.89. The van der Waals surface area contributed by atoms with Gasteiger partial charge >= 0.3 is 12.0 Å². The number of urea groups is 1. The number of nitrogens with zero attached hydrogens (tertiary/aromatic N) is 2. The summed E-state index contributed by atoms with van der Waals surface area (Å²) in [7, 11) is 3.49. The maximum Gasteiger partial charge on any atom is 0.317 e. The molecule has 2 N–H and O–H groups in total. The van der Waals surface area contributed by atoms with Crippen molar-refractivity contribution in [2.75, 3.05) is 46.9 Å². The number of carboxylic acid groups (broad SMARTS) is 1. The van der Waals surface area contributed by atoms with Crippen molar-refractivity contribution in [3.63, 3.8) is 0 Å². The molecule has 0 bridgehead atoms. The lowest BCUT2D eigenvalue weighted by molar-refractivity contribution is -0.165. The van der Waals surface area contributed by atoms with E-state index in [-0.39, 0.29) is 42.2 Å². The van der Waals surface area contributed by atoms with Crippen LogP contribution in [0.3, 0.4) is 0 Å². The van der Waals surface area contributed by atoms with Gasteiger partial charge in [0.1, 0.15) is 0 Å². The summed E-state index contributed by atoms with van der Waals surface area (Å²) < 4.78 is 11.4. The number of likely N-dealkylation sites (N-methyl/N-ethyl adjacent to an activating group) is 1. The van der Waals surface area contributed by atoms with Gasteiger partial charge in [0, 0.05) is 44.1 Å². The summed E-state index contributed by atoms with van der Waals surface area (Å²) in [5.41, 5.74) is -0.0166. The molecule has 1 saturated heterocycles. The van der Waals surface area contributed by atoms with Crippen LogP contribution in [0.2, 0.25) is 0 Å². The van der Waals surface area contributed by atoms with Gasteiger partial charge in [-0.25, -0.2) is 4.79 Å². The summed E-state index contributed by atoms with van der Waals surface area (Å²) >= 11 is 0. The molecule has 2 amide bonds. The number of rotatable bonds is 8. The van der Waals surface area contributed by atoms with Gasteiger partial charge in [-0.1, -0.05) is 20.8 Å². The lowest BCUT2D eigenvalue weighted by atomic mass is 9.53. The Kier molecular flexibility index (Phi) is 7.47. The van der Waals surface area contributed by atoms with Crippen molar-refractivity contribution in [1.82, 2.24) is 15.1 Å². The van der Waals surface area contributed by atoms with Crippen molar-refractivity contribution >= 4 is 12.0 Å². The van der Waals surface area contributed by atoms with Crippen LogP contribution in [0.15, 0.2) is 0 Å². The van der Waals surface area contributed by atoms with Crippen LogP contribution in [-0.2, 0) is 14.3 Å². The molecule has 27 heavy (non-hydrogen) atoms. The highest BCUT2D eigenvalue weighted by Gasteiger charge is 2.59. The van der Waals surface area contributed by atoms with E-state index in [2.05, 4.69) is 26.1 Å². The second-order valence-corrected chi connectivity index (χ2v) is 7.91. The minimum Gasteiger partial charge on any atom is -0.480 e. The second-order valence-electron chi connectivity index (χ2n) is 7.91. The van der Waals surface area contributed by atoms with Crippen LogP contribution in [-0.4, -0.2) is 92.1 Å². The smallest absolute Gasteiger partial charge is 0.317 e. The summed E-state index contributed by atoms with van der Waals surface area (Å²) in [4.78, 5) is 27.2. The minimum absolute atomic E-state index is 0.0166. The quantitative estimate of drug-likeness (QED) is 0.654. The third-order valence-electron chi connectivity index (χ3n) is 6.39. The van der Waals surface area contributed by atoms with Gasteiger partial charge in [-0.15, -0.1) is 0 Å². The van der Waals surface area contributed by atoms with Crippen LogP contribution in [0, 0.1) is 11.3 Å². The molecule has 156 valence electrons. The van der Waals surface area contributed by atoms with E-state index in [4.69, 9.17) is 14.6 Å². The summed E-state index contributed by atoms with van der Waals surface area (Å²) in [6.07, 6.45) is 1.91. The number of aliphatic carboxylic acids is 1. The zero-order valence-corrected chi connectivity index (χ0v) is 17.2. The number of ether oxygens (including phenoxy) is 2. The summed E-state index contributed by atoms with van der Waals surface area (Å²) in [5.74, 6) is -0.595. The highest BCUT2D eigenvalue weighted by Crippen LogP contribution is 2.52. The van der Waals surface area contributed by atoms with Crippen LogP contribution in [0.25, 0.3) is 0 Å². The molecule has 1 aliphatic carbocycles. The molecule has 1 aliphatic heterocycles. The van der Waals surface area contributed by atoms with Crippen molar-refractivity contribution in [3.8, 4) is 0 Å². The Bertz CT molecular complexity index is 525. The Hall–Kier alpha value is -1.38. The SMILES string of the molecule is CCC1(CC)C(NC(=O)N2CCOC(CN(C)CC(=O)O)C2)C(C)C1OC. The predicted molar refractivity (Wildman–Crippen MR) is 102 cm³/mol. The second kappa shape index (κ2) is 9.21. The molecule has 0 aromatic heterocycles. The summed E-state index contributed by atoms with van der Waals surface area (Å²) in [5, 5.41) is 12.1. The topological polar surface area (TPSA) is 91.3 Å². The maximum absolute atomic E-state index is 12.9. The molecule has 4 unspecified atom stereocenters. The number of methoxy groups -OCH3 is 1. The van der Waals surface area contributed by atoms with Gasteiger partial charge in [0.05, 0.1) is 25.4 Å². The van der Waals surface area contributed by atoms with Gasteiger partial charge in [-0.2, -0.15) is 0 Å². The molecule has 0 radical (unpaired) electrons. The molecule has 0 aromatic rings. The van der Waals surface area contributed by atoms with Crippen molar-refractivity contribution in [1.29, 1.82) is 0 Å². The van der Waals surface area contributed by atoms with E-state index in [1.807, 2.05) is 0 Å². The number of hydrogen-bond donors (Lipinski definition) is 2. The molecule has 8 nitrogen and oxygen atoms in total. The molecule has 8 heteroatoms. The molecular formula is C19H35N3O5. The summed E-state index contributed by atoms with van der Waals surface area (Å²) in [6, 6.07) is 0.0304. The molecular weight excluding hydrogens is 350 g/mol. The predicted octanol–water partition coefficient (Wildman–Crippen LogP) is 1.25. The van der Waals surface area contributed by atoms with E-state index >= 15 is 0 Å². The van der Waals surface area contributed by atoms with Gasteiger partial charge in [-0.3, -0.25) is 9.69 Å². The first-order valence-electron chi connectivity index (χ1n) is 9.89. The van der Waals surface area contributed by atoms with Crippen LogP contribution in [0.5, 0.6) is 0 Å². The largest absolute Gasteiger partial charge is 0.480 e. The van der Waals surface area contributed by atoms with Gasteiger partial charge in [-0.05, 0) is 19.9 Å². The number of carboxylic acids is 1. The van der Waals surface area contributed by atoms with Crippen LogP contribution < -0.4 is 5.32 Å². The Labute approximate surface area is 162 Å². The zero-order chi connectivity index (χ0) is 20.2. The van der Waals surface area contributed by atoms with Gasteiger partial charge in [0.15, 0.2) is 0 Å². The zero-order valence-electron chi connectivity index (χ0n) is 17.2. The number of hydrogen-bond acceptors (Lipinski definition) is 5. The number of nitrogens with one attached hydrogen (secondary N) is 1. The number of morpholine rings is 1. The lowest BCUT2D eigenvalue weighted by Gasteiger charge is -2.60. The molecule has 1 saturated carbocycles. The molecule has 0 spiro atoms. The summed E-state index contributed by atoms with van der Waals surface area (Å²) in [6.45, 7) is 8.36.